The molecule has 0 saturated carbocycles. The monoisotopic (exact) mass is 465 g/mol. The summed E-state index contributed by atoms with van der Waals surface area (Å²) in [5.41, 5.74) is 2.91. The number of benzene rings is 2. The van der Waals surface area contributed by atoms with Crippen molar-refractivity contribution in [2.75, 3.05) is 19.4 Å². The Morgan fingerprint density at radius 1 is 1.09 bits per heavy atom. The van der Waals surface area contributed by atoms with E-state index in [2.05, 4.69) is 10.3 Å². The van der Waals surface area contributed by atoms with E-state index in [1.807, 2.05) is 18.2 Å². The highest BCUT2D eigenvalue weighted by Crippen LogP contribution is 2.39. The number of thiocarbonyl (C=S) groups is 1. The van der Waals surface area contributed by atoms with Gasteiger partial charge in [0.1, 0.15) is 5.75 Å². The predicted molar refractivity (Wildman–Crippen MR) is 131 cm³/mol. The predicted octanol–water partition coefficient (Wildman–Crippen LogP) is 6.36. The Balaban J connectivity index is 1.63. The van der Waals surface area contributed by atoms with Gasteiger partial charge in [0, 0.05) is 48.6 Å². The molecule has 0 aliphatic rings. The SMILES string of the molecule is CC(=S)Nc1ccc(Oc2ccnc3cc(-c4ccc(C(=O)N(C)C)cc4)sc23)c(F)c1. The first-order chi connectivity index (χ1) is 15.3. The van der Waals surface area contributed by atoms with Gasteiger partial charge in [-0.05, 0) is 42.8 Å². The zero-order chi connectivity index (χ0) is 22.8. The fourth-order valence-corrected chi connectivity index (χ4v) is 4.34. The first-order valence-corrected chi connectivity index (χ1v) is 11.0. The lowest BCUT2D eigenvalue weighted by molar-refractivity contribution is 0.0827. The minimum atomic E-state index is -0.492. The number of amides is 1. The molecule has 0 bridgehead atoms. The van der Waals surface area contributed by atoms with Crippen molar-refractivity contribution in [2.24, 2.45) is 0 Å². The van der Waals surface area contributed by atoms with Crippen molar-refractivity contribution in [3.05, 3.63) is 72.2 Å². The normalized spacial score (nSPS) is 10.8. The quantitative estimate of drug-likeness (QED) is 0.348. The molecule has 2 aromatic heterocycles. The van der Waals surface area contributed by atoms with Crippen LogP contribution < -0.4 is 10.1 Å². The van der Waals surface area contributed by atoms with E-state index in [1.54, 1.807) is 62.4 Å². The van der Waals surface area contributed by atoms with E-state index in [0.29, 0.717) is 22.0 Å². The number of carbonyl (C=O) groups excluding carboxylic acids is 1. The average molecular weight is 466 g/mol. The molecule has 4 aromatic rings. The minimum absolute atomic E-state index is 0.0470. The Hall–Kier alpha value is -3.36. The number of pyridine rings is 1. The van der Waals surface area contributed by atoms with Crippen LogP contribution in [0.1, 0.15) is 17.3 Å². The molecule has 0 aliphatic heterocycles. The Bertz CT molecular complexity index is 1320. The Morgan fingerprint density at radius 3 is 2.50 bits per heavy atom. The van der Waals surface area contributed by atoms with Crippen molar-refractivity contribution in [3.63, 3.8) is 0 Å². The maximum atomic E-state index is 14.6. The second-order valence-corrected chi connectivity index (χ2v) is 9.00. The van der Waals surface area contributed by atoms with Crippen LogP contribution in [0.5, 0.6) is 11.5 Å². The number of nitrogens with zero attached hydrogens (tertiary/aromatic N) is 2. The average Bonchev–Trinajstić information content (AvgIpc) is 3.20. The van der Waals surface area contributed by atoms with Gasteiger partial charge in [0.05, 0.1) is 15.2 Å². The molecule has 0 aliphatic carbocycles. The van der Waals surface area contributed by atoms with Crippen molar-refractivity contribution in [1.29, 1.82) is 0 Å². The highest BCUT2D eigenvalue weighted by molar-refractivity contribution is 7.80. The number of carbonyl (C=O) groups is 1. The third kappa shape index (κ3) is 4.61. The number of thiophene rings is 1. The van der Waals surface area contributed by atoms with Crippen LogP contribution in [0.2, 0.25) is 0 Å². The number of fused-ring (bicyclic) bond motifs is 1. The number of hydrogen-bond acceptors (Lipinski definition) is 5. The maximum Gasteiger partial charge on any atom is 0.253 e. The summed E-state index contributed by atoms with van der Waals surface area (Å²) in [5, 5.41) is 2.91. The van der Waals surface area contributed by atoms with Crippen LogP contribution in [0, 0.1) is 5.82 Å². The minimum Gasteiger partial charge on any atom is -0.453 e. The van der Waals surface area contributed by atoms with Gasteiger partial charge in [-0.3, -0.25) is 9.78 Å². The van der Waals surface area contributed by atoms with E-state index in [0.717, 1.165) is 20.7 Å². The Morgan fingerprint density at radius 2 is 1.84 bits per heavy atom. The summed E-state index contributed by atoms with van der Waals surface area (Å²) in [5.74, 6) is 0.103. The molecular formula is C24H20FN3O2S2. The van der Waals surface area contributed by atoms with Crippen LogP contribution in [-0.4, -0.2) is 34.9 Å². The molecule has 0 spiro atoms. The third-order valence-corrected chi connectivity index (χ3v) is 5.96. The van der Waals surface area contributed by atoms with Crippen LogP contribution in [0.3, 0.4) is 0 Å². The topological polar surface area (TPSA) is 54.5 Å². The van der Waals surface area contributed by atoms with Crippen molar-refractivity contribution < 1.29 is 13.9 Å². The van der Waals surface area contributed by atoms with Gasteiger partial charge >= 0.3 is 0 Å². The number of nitrogens with one attached hydrogen (secondary N) is 1. The van der Waals surface area contributed by atoms with Crippen LogP contribution in [0.15, 0.2) is 60.8 Å². The van der Waals surface area contributed by atoms with Crippen molar-refractivity contribution in [2.45, 2.75) is 6.92 Å². The van der Waals surface area contributed by atoms with Gasteiger partial charge in [-0.1, -0.05) is 24.4 Å². The lowest BCUT2D eigenvalue weighted by Crippen LogP contribution is -2.21. The molecule has 4 rings (SSSR count). The zero-order valence-electron chi connectivity index (χ0n) is 17.7. The fourth-order valence-electron chi connectivity index (χ4n) is 3.16. The lowest BCUT2D eigenvalue weighted by Gasteiger charge is -2.10. The number of hydrogen-bond donors (Lipinski definition) is 1. The van der Waals surface area contributed by atoms with Crippen LogP contribution >= 0.6 is 23.6 Å². The van der Waals surface area contributed by atoms with Gasteiger partial charge in [-0.15, -0.1) is 11.3 Å². The van der Waals surface area contributed by atoms with Gasteiger partial charge in [-0.2, -0.15) is 0 Å². The van der Waals surface area contributed by atoms with Crippen molar-refractivity contribution >= 4 is 50.4 Å². The maximum absolute atomic E-state index is 14.6. The van der Waals surface area contributed by atoms with E-state index in [1.165, 1.54) is 17.4 Å². The molecule has 1 N–H and O–H groups in total. The molecule has 8 heteroatoms. The molecule has 0 atom stereocenters. The second kappa shape index (κ2) is 9.02. The molecule has 32 heavy (non-hydrogen) atoms. The van der Waals surface area contributed by atoms with Gasteiger partial charge in [-0.25, -0.2) is 4.39 Å². The largest absolute Gasteiger partial charge is 0.453 e. The van der Waals surface area contributed by atoms with E-state index in [9.17, 15) is 9.18 Å². The molecule has 162 valence electrons. The summed E-state index contributed by atoms with van der Waals surface area (Å²) in [6.45, 7) is 1.73. The summed E-state index contributed by atoms with van der Waals surface area (Å²) < 4.78 is 21.3. The summed E-state index contributed by atoms with van der Waals surface area (Å²) in [6, 6.07) is 15.7. The third-order valence-electron chi connectivity index (χ3n) is 4.67. The smallest absolute Gasteiger partial charge is 0.253 e. The second-order valence-electron chi connectivity index (χ2n) is 7.34. The van der Waals surface area contributed by atoms with Crippen molar-refractivity contribution in [1.82, 2.24) is 9.88 Å². The molecule has 5 nitrogen and oxygen atoms in total. The van der Waals surface area contributed by atoms with Gasteiger partial charge in [0.25, 0.3) is 5.91 Å². The first-order valence-electron chi connectivity index (χ1n) is 9.77. The van der Waals surface area contributed by atoms with Crippen LogP contribution in [-0.2, 0) is 0 Å². The van der Waals surface area contributed by atoms with E-state index < -0.39 is 5.82 Å². The number of aromatic nitrogens is 1. The van der Waals surface area contributed by atoms with Gasteiger partial charge < -0.3 is 15.0 Å². The highest BCUT2D eigenvalue weighted by atomic mass is 32.1. The molecule has 2 heterocycles. The summed E-state index contributed by atoms with van der Waals surface area (Å²) in [7, 11) is 3.45. The first kappa shape index (κ1) is 21.9. The molecular weight excluding hydrogens is 445 g/mol. The van der Waals surface area contributed by atoms with Gasteiger partial charge in [0.15, 0.2) is 11.6 Å². The van der Waals surface area contributed by atoms with Crippen LogP contribution in [0.25, 0.3) is 20.7 Å². The Labute approximate surface area is 194 Å². The van der Waals surface area contributed by atoms with Crippen LogP contribution in [0.4, 0.5) is 10.1 Å². The van der Waals surface area contributed by atoms with E-state index >= 15 is 0 Å². The van der Waals surface area contributed by atoms with Gasteiger partial charge in [0.2, 0.25) is 0 Å². The molecule has 0 saturated heterocycles. The lowest BCUT2D eigenvalue weighted by atomic mass is 10.1. The van der Waals surface area contributed by atoms with Crippen molar-refractivity contribution in [3.8, 4) is 21.9 Å². The summed E-state index contributed by atoms with van der Waals surface area (Å²) in [4.78, 5) is 19.6. The van der Waals surface area contributed by atoms with E-state index in [4.69, 9.17) is 17.0 Å². The number of halogens is 1. The zero-order valence-corrected chi connectivity index (χ0v) is 19.3. The molecule has 0 unspecified atom stereocenters. The van der Waals surface area contributed by atoms with E-state index in [-0.39, 0.29) is 11.7 Å². The fraction of sp³-hybridized carbons (Fsp3) is 0.125. The standard InChI is InChI=1S/C24H20FN3O2S2/c1-14(31)27-17-8-9-20(18(25)12-17)30-21-10-11-26-19-13-22(32-23(19)21)15-4-6-16(7-5-15)24(29)28(2)3/h4-13H,1-3H3,(H,27,31). The summed E-state index contributed by atoms with van der Waals surface area (Å²) in [6.07, 6.45) is 1.64. The number of rotatable bonds is 5. The Kier molecular flexibility index (Phi) is 6.16. The number of anilines is 1. The molecule has 0 radical (unpaired) electrons. The number of ether oxygens (including phenoxy) is 1. The highest BCUT2D eigenvalue weighted by Gasteiger charge is 2.14. The molecule has 1 amide bonds. The summed E-state index contributed by atoms with van der Waals surface area (Å²) >= 11 is 6.50. The molecule has 0 fully saturated rings. The molecule has 2 aromatic carbocycles.